The first-order valence-corrected chi connectivity index (χ1v) is 25.3. The molecule has 24 nitrogen and oxygen atoms in total. The van der Waals surface area contributed by atoms with Gasteiger partial charge in [-0.2, -0.15) is 0 Å². The van der Waals surface area contributed by atoms with Crippen molar-refractivity contribution in [2.24, 2.45) is 0 Å². The van der Waals surface area contributed by atoms with Crippen molar-refractivity contribution in [3.8, 4) is 37.0 Å². The summed E-state index contributed by atoms with van der Waals surface area (Å²) in [5.74, 6) is 4.52. The zero-order valence-corrected chi connectivity index (χ0v) is 45.5. The molecule has 0 aromatic carbocycles. The van der Waals surface area contributed by atoms with Crippen LogP contribution >= 0.6 is 11.6 Å². The quantitative estimate of drug-likeness (QED) is 0.0209. The van der Waals surface area contributed by atoms with Crippen LogP contribution in [0, 0.1) is 37.0 Å². The zero-order chi connectivity index (χ0) is 56.0. The molecule has 3 fully saturated rings. The highest BCUT2D eigenvalue weighted by molar-refractivity contribution is 6.27. The fourth-order valence-electron chi connectivity index (χ4n) is 6.74. The molecule has 3 rings (SSSR count). The Bertz CT molecular complexity index is 1760. The maximum Gasteiger partial charge on any atom is 0.263 e. The third-order valence-electron chi connectivity index (χ3n) is 10.6. The summed E-state index contributed by atoms with van der Waals surface area (Å²) in [5, 5.41) is 38.0. The summed E-state index contributed by atoms with van der Waals surface area (Å²) < 4.78 is 0. The van der Waals surface area contributed by atoms with Crippen LogP contribution in [0.4, 0.5) is 0 Å². The number of piperazine rings is 3. The van der Waals surface area contributed by atoms with Gasteiger partial charge < -0.3 is 45.1 Å². The fraction of sp³-hybridized carbons (Fsp3) is 0.755. The minimum Gasteiger partial charge on any atom is -0.396 e. The monoisotopic (exact) mass is 1070 g/mol. The van der Waals surface area contributed by atoms with Gasteiger partial charge in [0.2, 0.25) is 17.7 Å². The molecule has 0 atom stereocenters. The maximum absolute atomic E-state index is 12.5. The number of alkyl halides is 1. The molecule has 0 radical (unpaired) electrons. The number of terminal acetylenes is 3. The van der Waals surface area contributed by atoms with Crippen LogP contribution in [0.25, 0.3) is 0 Å². The van der Waals surface area contributed by atoms with E-state index in [1.54, 1.807) is 20.8 Å². The number of carbonyl (C=O) groups is 6. The van der Waals surface area contributed by atoms with Crippen LogP contribution in [0.2, 0.25) is 0 Å². The SMILES string of the molecule is C#CCN(CC(=O)NO)C(=O)CN1CCN(CCCO)CC1.C#CCN(CC(=O)NOC(C)(C)C)C(=O)CCl.C#CCN(CC(=O)NOC(C)(C)C)C(=O)CN1CCN(CCCO)CC1.OCCN1CCNCC1.[HH].[HH]. The van der Waals surface area contributed by atoms with Crippen LogP contribution in [0.3, 0.4) is 0 Å². The normalized spacial score (nSPS) is 15.6. The minimum atomic E-state index is -0.669. The first-order chi connectivity index (χ1) is 35.1. The first kappa shape index (κ1) is 69.3. The number of hydrogen-bond donors (Lipinski definition) is 8. The average Bonchev–Trinajstić information content (AvgIpc) is 3.37. The van der Waals surface area contributed by atoms with E-state index in [1.165, 1.54) is 20.2 Å². The maximum atomic E-state index is 12.5. The van der Waals surface area contributed by atoms with Gasteiger partial charge in [-0.15, -0.1) is 30.9 Å². The van der Waals surface area contributed by atoms with E-state index in [1.807, 2.05) is 25.7 Å². The molecule has 3 heterocycles. The Morgan fingerprint density at radius 2 is 0.892 bits per heavy atom. The molecule has 3 aliphatic heterocycles. The van der Waals surface area contributed by atoms with Gasteiger partial charge in [-0.1, -0.05) is 17.8 Å². The number of aliphatic hydroxyl groups excluding tert-OH is 3. The summed E-state index contributed by atoms with van der Waals surface area (Å²) in [7, 11) is 0. The number of nitrogens with one attached hydrogen (secondary N) is 4. The van der Waals surface area contributed by atoms with Crippen molar-refractivity contribution in [2.75, 3.05) is 176 Å². The van der Waals surface area contributed by atoms with Crippen LogP contribution in [-0.2, 0) is 38.4 Å². The van der Waals surface area contributed by atoms with Crippen molar-refractivity contribution in [2.45, 2.75) is 65.6 Å². The van der Waals surface area contributed by atoms with E-state index in [0.29, 0.717) is 6.61 Å². The third-order valence-corrected chi connectivity index (χ3v) is 10.9. The minimum absolute atomic E-state index is 0. The third kappa shape index (κ3) is 35.5. The van der Waals surface area contributed by atoms with Crippen LogP contribution < -0.4 is 21.8 Å². The lowest BCUT2D eigenvalue weighted by Crippen LogP contribution is -2.51. The van der Waals surface area contributed by atoms with Crippen molar-refractivity contribution < 1.29 is 61.8 Å². The highest BCUT2D eigenvalue weighted by Crippen LogP contribution is 2.07. The number of nitrogens with zero attached hydrogens (tertiary/aromatic N) is 8. The van der Waals surface area contributed by atoms with E-state index < -0.39 is 34.8 Å². The predicted octanol–water partition coefficient (Wildman–Crippen LogP) is -2.84. The van der Waals surface area contributed by atoms with Crippen LogP contribution in [0.1, 0.15) is 57.2 Å². The molecule has 8 N–H and O–H groups in total. The summed E-state index contributed by atoms with van der Waals surface area (Å²) in [6.07, 6.45) is 17.2. The Morgan fingerprint density at radius 1 is 0.554 bits per heavy atom. The van der Waals surface area contributed by atoms with Gasteiger partial charge in [0, 0.05) is 114 Å². The molecular formula is C49H91ClN12O12. The molecule has 3 saturated heterocycles. The average molecular weight is 1080 g/mol. The molecule has 3 aliphatic rings. The molecule has 0 aromatic heterocycles. The van der Waals surface area contributed by atoms with E-state index in [9.17, 15) is 28.8 Å². The van der Waals surface area contributed by atoms with E-state index >= 15 is 0 Å². The first-order valence-electron chi connectivity index (χ1n) is 24.8. The van der Waals surface area contributed by atoms with Crippen molar-refractivity contribution in [3.63, 3.8) is 0 Å². The molecule has 0 saturated carbocycles. The van der Waals surface area contributed by atoms with Gasteiger partial charge in [0.25, 0.3) is 17.7 Å². The van der Waals surface area contributed by atoms with Crippen LogP contribution in [0.5, 0.6) is 0 Å². The van der Waals surface area contributed by atoms with Gasteiger partial charge in [0.15, 0.2) is 0 Å². The number of hydrogen-bond acceptors (Lipinski definition) is 18. The lowest BCUT2D eigenvalue weighted by molar-refractivity contribution is -0.150. The second-order valence-corrected chi connectivity index (χ2v) is 19.5. The second-order valence-electron chi connectivity index (χ2n) is 19.2. The predicted molar refractivity (Wildman–Crippen MR) is 285 cm³/mol. The number of β-amino-alcohol motifs (C(OH)–C–C–N with tert-alkyl or cyclic N) is 1. The number of halogens is 1. The van der Waals surface area contributed by atoms with Gasteiger partial charge in [-0.25, -0.2) is 16.4 Å². The lowest BCUT2D eigenvalue weighted by Gasteiger charge is -2.35. The Labute approximate surface area is 447 Å². The van der Waals surface area contributed by atoms with Crippen LogP contribution in [-0.4, -0.2) is 283 Å². The highest BCUT2D eigenvalue weighted by Gasteiger charge is 2.25. The van der Waals surface area contributed by atoms with Gasteiger partial charge in [-0.3, -0.25) is 58.3 Å². The fourth-order valence-corrected chi connectivity index (χ4v) is 6.91. The Balaban J connectivity index is -0.000000973. The molecule has 0 aliphatic carbocycles. The molecule has 0 spiro atoms. The Kier molecular flexibility index (Phi) is 38.0. The molecule has 6 amide bonds. The number of rotatable bonds is 24. The lowest BCUT2D eigenvalue weighted by atomic mass is 10.2. The second kappa shape index (κ2) is 40.6. The molecule has 426 valence electrons. The highest BCUT2D eigenvalue weighted by atomic mass is 35.5. The van der Waals surface area contributed by atoms with E-state index in [-0.39, 0.29) is 86.1 Å². The standard InChI is InChI=1S/C18H32N4O4.C14H24N4O4.C11H17ClN2O3.C6H14N2O.2H2/c1-5-7-22(14-16(24)19-26-18(2,3)4)17(25)15-21-11-9-20(10-12-21)8-6-13-23;1-2-4-18(11-13(20)15-22)14(21)12-17-8-6-16(7-9-17)5-3-10-19;1-5-6-14(10(16)7-12)8-9(15)13-17-11(2,3)4;9-6-5-8-3-1-7-2-4-8;;/h1,23H,6-15H2,2-4H3,(H,19,24);1,19,22H,3-12H2,(H,15,20);1H,6-8H2,2-4H3,(H,13,15);7,9H,1-6H2;2*1H. The van der Waals surface area contributed by atoms with Gasteiger partial charge in [0.1, 0.15) is 25.5 Å². The molecule has 25 heteroatoms. The Hall–Kier alpha value is -4.69. The smallest absolute Gasteiger partial charge is 0.263 e. The van der Waals surface area contributed by atoms with Gasteiger partial charge >= 0.3 is 0 Å². The Morgan fingerprint density at radius 3 is 1.20 bits per heavy atom. The molecule has 0 bridgehead atoms. The summed E-state index contributed by atoms with van der Waals surface area (Å²) >= 11 is 5.39. The van der Waals surface area contributed by atoms with E-state index in [0.717, 1.165) is 111 Å². The van der Waals surface area contributed by atoms with Crippen molar-refractivity contribution in [1.82, 2.24) is 61.0 Å². The molecule has 0 unspecified atom stereocenters. The molecule has 0 aromatic rings. The largest absolute Gasteiger partial charge is 0.396 e. The van der Waals surface area contributed by atoms with Crippen LogP contribution in [0.15, 0.2) is 0 Å². The van der Waals surface area contributed by atoms with Gasteiger partial charge in [-0.05, 0) is 54.4 Å². The zero-order valence-electron chi connectivity index (χ0n) is 44.7. The summed E-state index contributed by atoms with van der Waals surface area (Å²) in [6.45, 7) is 24.9. The van der Waals surface area contributed by atoms with Crippen molar-refractivity contribution >= 4 is 47.0 Å². The number of hydroxylamine groups is 3. The molecule has 74 heavy (non-hydrogen) atoms. The summed E-state index contributed by atoms with van der Waals surface area (Å²) in [5.41, 5.74) is 5.09. The molecular weight excluding hydrogens is 984 g/mol. The van der Waals surface area contributed by atoms with Crippen molar-refractivity contribution in [3.05, 3.63) is 0 Å². The number of amides is 6. The summed E-state index contributed by atoms with van der Waals surface area (Å²) in [6, 6.07) is 0. The van der Waals surface area contributed by atoms with E-state index in [4.69, 9.17) is 61.1 Å². The number of aliphatic hydroxyl groups is 3. The summed E-state index contributed by atoms with van der Waals surface area (Å²) in [4.78, 5) is 95.5. The van der Waals surface area contributed by atoms with Crippen molar-refractivity contribution in [1.29, 1.82) is 0 Å². The van der Waals surface area contributed by atoms with E-state index in [2.05, 4.69) is 53.6 Å². The number of carbonyl (C=O) groups excluding carboxylic acids is 6. The van der Waals surface area contributed by atoms with Gasteiger partial charge in [0.05, 0.1) is 50.5 Å². The topological polar surface area (TPSA) is 276 Å².